The molecule has 7 nitrogen and oxygen atoms in total. The number of phenols is 1. The van der Waals surface area contributed by atoms with Crippen LogP contribution in [0.5, 0.6) is 5.75 Å². The average Bonchev–Trinajstić information content (AvgIpc) is 2.91. The van der Waals surface area contributed by atoms with Crippen LogP contribution in [0.1, 0.15) is 46.0 Å². The lowest BCUT2D eigenvalue weighted by atomic mass is 10.1. The van der Waals surface area contributed by atoms with E-state index in [2.05, 4.69) is 10.5 Å². The lowest BCUT2D eigenvalue weighted by Gasteiger charge is -2.13. The van der Waals surface area contributed by atoms with E-state index in [0.717, 1.165) is 4.90 Å². The monoisotopic (exact) mass is 365 g/mol. The summed E-state index contributed by atoms with van der Waals surface area (Å²) in [6, 6.07) is 13.4. The number of amides is 3. The Kier molecular flexibility index (Phi) is 5.30. The molecule has 2 aromatic carbocycles. The third kappa shape index (κ3) is 3.87. The topological polar surface area (TPSA) is 99.1 Å². The number of fused-ring (bicyclic) bond motifs is 1. The fourth-order valence-electron chi connectivity index (χ4n) is 2.88. The molecule has 2 N–H and O–H groups in total. The summed E-state index contributed by atoms with van der Waals surface area (Å²) in [4.78, 5) is 37.6. The molecule has 7 heteroatoms. The Morgan fingerprint density at radius 2 is 1.63 bits per heavy atom. The minimum absolute atomic E-state index is 0.0821. The predicted octanol–water partition coefficient (Wildman–Crippen LogP) is 2.31. The number of benzene rings is 2. The summed E-state index contributed by atoms with van der Waals surface area (Å²) in [7, 11) is 0. The number of para-hydroxylation sites is 1. The number of carbonyl (C=O) groups is 3. The summed E-state index contributed by atoms with van der Waals surface area (Å²) in [5.41, 5.74) is 4.22. The van der Waals surface area contributed by atoms with Crippen LogP contribution in [0.25, 0.3) is 0 Å². The van der Waals surface area contributed by atoms with Crippen molar-refractivity contribution in [1.29, 1.82) is 0 Å². The molecule has 0 radical (unpaired) electrons. The van der Waals surface area contributed by atoms with Gasteiger partial charge in [-0.3, -0.25) is 19.3 Å². The number of hydrogen-bond acceptors (Lipinski definition) is 5. The normalized spacial score (nSPS) is 13.7. The van der Waals surface area contributed by atoms with E-state index in [9.17, 15) is 19.5 Å². The average molecular weight is 365 g/mol. The van der Waals surface area contributed by atoms with Crippen molar-refractivity contribution in [2.75, 3.05) is 6.54 Å². The van der Waals surface area contributed by atoms with Crippen LogP contribution in [0, 0.1) is 0 Å². The number of imide groups is 1. The Hall–Kier alpha value is -3.48. The molecular formula is C20H19N3O4. The van der Waals surface area contributed by atoms with E-state index < -0.39 is 0 Å². The van der Waals surface area contributed by atoms with Crippen molar-refractivity contribution in [3.05, 3.63) is 65.2 Å². The Morgan fingerprint density at radius 1 is 1.04 bits per heavy atom. The molecule has 3 rings (SSSR count). The maximum absolute atomic E-state index is 12.2. The second-order valence-corrected chi connectivity index (χ2v) is 6.16. The molecule has 0 bridgehead atoms. The number of hydrazone groups is 1. The second kappa shape index (κ2) is 7.82. The van der Waals surface area contributed by atoms with Crippen molar-refractivity contribution in [2.24, 2.45) is 5.10 Å². The maximum Gasteiger partial charge on any atom is 0.261 e. The van der Waals surface area contributed by atoms with Gasteiger partial charge in [0.15, 0.2) is 0 Å². The number of hydrogen-bond donors (Lipinski definition) is 2. The standard InChI is InChI=1S/C20H19N3O4/c1-13(14-7-4-5-10-17(14)24)21-22-18(25)11-6-12-23-19(26)15-8-2-3-9-16(15)20(23)27/h2-5,7-10,24H,6,11-12H2,1H3,(H,22,25)/b21-13-. The number of aromatic hydroxyl groups is 1. The summed E-state index contributed by atoms with van der Waals surface area (Å²) in [5, 5.41) is 13.7. The van der Waals surface area contributed by atoms with Gasteiger partial charge in [-0.25, -0.2) is 5.43 Å². The van der Waals surface area contributed by atoms with Crippen LogP contribution in [0.3, 0.4) is 0 Å². The van der Waals surface area contributed by atoms with E-state index in [0.29, 0.717) is 28.8 Å². The van der Waals surface area contributed by atoms with Crippen molar-refractivity contribution in [1.82, 2.24) is 10.3 Å². The maximum atomic E-state index is 12.2. The third-order valence-electron chi connectivity index (χ3n) is 4.31. The predicted molar refractivity (Wildman–Crippen MR) is 99.5 cm³/mol. The largest absolute Gasteiger partial charge is 0.507 e. The first kappa shape index (κ1) is 18.3. The highest BCUT2D eigenvalue weighted by Gasteiger charge is 2.34. The summed E-state index contributed by atoms with van der Waals surface area (Å²) in [5.74, 6) is -0.908. The number of rotatable bonds is 6. The smallest absolute Gasteiger partial charge is 0.261 e. The number of phenolic OH excluding ortho intramolecular Hbond substituents is 1. The minimum Gasteiger partial charge on any atom is -0.507 e. The zero-order chi connectivity index (χ0) is 19.4. The summed E-state index contributed by atoms with van der Waals surface area (Å²) < 4.78 is 0. The Balaban J connectivity index is 1.51. The molecule has 27 heavy (non-hydrogen) atoms. The van der Waals surface area contributed by atoms with E-state index in [4.69, 9.17) is 0 Å². The van der Waals surface area contributed by atoms with Crippen molar-refractivity contribution in [2.45, 2.75) is 19.8 Å². The molecule has 1 heterocycles. The molecule has 0 aromatic heterocycles. The highest BCUT2D eigenvalue weighted by molar-refractivity contribution is 6.21. The van der Waals surface area contributed by atoms with Gasteiger partial charge in [-0.1, -0.05) is 24.3 Å². The van der Waals surface area contributed by atoms with Gasteiger partial charge in [0.05, 0.1) is 16.8 Å². The third-order valence-corrected chi connectivity index (χ3v) is 4.31. The van der Waals surface area contributed by atoms with Gasteiger partial charge in [0, 0.05) is 18.5 Å². The molecule has 0 atom stereocenters. The lowest BCUT2D eigenvalue weighted by Crippen LogP contribution is -2.31. The zero-order valence-corrected chi connectivity index (χ0v) is 14.8. The number of carbonyl (C=O) groups excluding carboxylic acids is 3. The fourth-order valence-corrected chi connectivity index (χ4v) is 2.88. The first-order valence-electron chi connectivity index (χ1n) is 8.55. The van der Waals surface area contributed by atoms with Crippen LogP contribution in [0.4, 0.5) is 0 Å². The van der Waals surface area contributed by atoms with Gasteiger partial charge in [-0.05, 0) is 37.6 Å². The quantitative estimate of drug-likeness (QED) is 0.466. The van der Waals surface area contributed by atoms with Gasteiger partial charge in [-0.2, -0.15) is 5.10 Å². The van der Waals surface area contributed by atoms with Gasteiger partial charge < -0.3 is 5.11 Å². The molecule has 1 aliphatic rings. The van der Waals surface area contributed by atoms with Gasteiger partial charge in [0.2, 0.25) is 5.91 Å². The highest BCUT2D eigenvalue weighted by atomic mass is 16.3. The fraction of sp³-hybridized carbons (Fsp3) is 0.200. The first-order valence-corrected chi connectivity index (χ1v) is 8.55. The Bertz CT molecular complexity index is 901. The van der Waals surface area contributed by atoms with Crippen LogP contribution < -0.4 is 5.43 Å². The van der Waals surface area contributed by atoms with Crippen LogP contribution in [-0.2, 0) is 4.79 Å². The van der Waals surface area contributed by atoms with Crippen molar-refractivity contribution < 1.29 is 19.5 Å². The van der Waals surface area contributed by atoms with E-state index in [-0.39, 0.29) is 36.4 Å². The molecule has 138 valence electrons. The molecule has 1 aliphatic heterocycles. The molecule has 3 amide bonds. The Morgan fingerprint density at radius 3 is 2.26 bits per heavy atom. The SMILES string of the molecule is C/C(=N/NC(=O)CCCN1C(=O)c2ccccc2C1=O)c1ccccc1O. The highest BCUT2D eigenvalue weighted by Crippen LogP contribution is 2.22. The summed E-state index contributed by atoms with van der Waals surface area (Å²) in [6.45, 7) is 1.84. The van der Waals surface area contributed by atoms with Crippen molar-refractivity contribution in [3.8, 4) is 5.75 Å². The van der Waals surface area contributed by atoms with Gasteiger partial charge in [-0.15, -0.1) is 0 Å². The first-order chi connectivity index (χ1) is 13.0. The molecule has 0 fully saturated rings. The molecule has 2 aromatic rings. The van der Waals surface area contributed by atoms with Crippen LogP contribution in [0.15, 0.2) is 53.6 Å². The minimum atomic E-state index is -0.332. The lowest BCUT2D eigenvalue weighted by molar-refractivity contribution is -0.121. The van der Waals surface area contributed by atoms with E-state index in [1.54, 1.807) is 49.4 Å². The second-order valence-electron chi connectivity index (χ2n) is 6.16. The number of nitrogens with zero attached hydrogens (tertiary/aromatic N) is 2. The van der Waals surface area contributed by atoms with Crippen LogP contribution in [-0.4, -0.2) is 40.0 Å². The summed E-state index contributed by atoms with van der Waals surface area (Å²) in [6.07, 6.45) is 0.452. The van der Waals surface area contributed by atoms with Crippen molar-refractivity contribution in [3.63, 3.8) is 0 Å². The van der Waals surface area contributed by atoms with Gasteiger partial charge in [0.25, 0.3) is 11.8 Å². The van der Waals surface area contributed by atoms with E-state index in [1.807, 2.05) is 0 Å². The molecule has 0 saturated heterocycles. The molecule has 0 spiro atoms. The van der Waals surface area contributed by atoms with Crippen LogP contribution in [0.2, 0.25) is 0 Å². The Labute approximate surface area is 156 Å². The molecular weight excluding hydrogens is 346 g/mol. The number of nitrogens with one attached hydrogen (secondary N) is 1. The van der Waals surface area contributed by atoms with Crippen molar-refractivity contribution >= 4 is 23.4 Å². The molecule has 0 saturated carbocycles. The van der Waals surface area contributed by atoms with Gasteiger partial charge >= 0.3 is 0 Å². The molecule has 0 aliphatic carbocycles. The van der Waals surface area contributed by atoms with Gasteiger partial charge in [0.1, 0.15) is 5.75 Å². The van der Waals surface area contributed by atoms with E-state index in [1.165, 1.54) is 6.07 Å². The zero-order valence-electron chi connectivity index (χ0n) is 14.8. The van der Waals surface area contributed by atoms with E-state index >= 15 is 0 Å². The molecule has 0 unspecified atom stereocenters. The summed E-state index contributed by atoms with van der Waals surface area (Å²) >= 11 is 0. The van der Waals surface area contributed by atoms with Crippen LogP contribution >= 0.6 is 0 Å².